The van der Waals surface area contributed by atoms with E-state index in [2.05, 4.69) is 30.6 Å². The quantitative estimate of drug-likeness (QED) is 0.641. The summed E-state index contributed by atoms with van der Waals surface area (Å²) in [4.78, 5) is 17.4. The molecule has 15 heavy (non-hydrogen) atoms. The summed E-state index contributed by atoms with van der Waals surface area (Å²) in [7, 11) is 0. The van der Waals surface area contributed by atoms with Gasteiger partial charge < -0.3 is 0 Å². The second-order valence-corrected chi connectivity index (χ2v) is 6.15. The molecule has 3 nitrogen and oxygen atoms in total. The molecule has 4 aliphatic rings. The summed E-state index contributed by atoms with van der Waals surface area (Å²) >= 11 is 0. The first-order valence-corrected chi connectivity index (χ1v) is 6.02. The molecule has 0 aromatic rings. The van der Waals surface area contributed by atoms with Gasteiger partial charge in [0.2, 0.25) is 0 Å². The molecule has 0 aromatic carbocycles. The Hall–Kier alpha value is -0.410. The van der Waals surface area contributed by atoms with Crippen LogP contribution < -0.4 is 0 Å². The number of piperidine rings is 2. The van der Waals surface area contributed by atoms with Crippen molar-refractivity contribution in [3.63, 3.8) is 0 Å². The van der Waals surface area contributed by atoms with E-state index in [0.717, 1.165) is 26.2 Å². The van der Waals surface area contributed by atoms with Crippen molar-refractivity contribution in [3.8, 4) is 0 Å². The molecule has 3 heteroatoms. The van der Waals surface area contributed by atoms with Crippen LogP contribution in [0.25, 0.3) is 0 Å². The van der Waals surface area contributed by atoms with E-state index in [-0.39, 0.29) is 10.8 Å². The maximum atomic E-state index is 12.4. The Balaban J connectivity index is 2.02. The minimum atomic E-state index is -0.0864. The molecular weight excluding hydrogens is 188 g/mol. The van der Waals surface area contributed by atoms with Gasteiger partial charge in [-0.3, -0.25) is 14.6 Å². The second-order valence-electron chi connectivity index (χ2n) is 6.15. The van der Waals surface area contributed by atoms with E-state index in [9.17, 15) is 4.79 Å². The normalized spacial score (nSPS) is 57.5. The highest BCUT2D eigenvalue weighted by Gasteiger charge is 2.61. The van der Waals surface area contributed by atoms with Crippen LogP contribution in [0.15, 0.2) is 0 Å². The van der Waals surface area contributed by atoms with Gasteiger partial charge in [0, 0.05) is 26.2 Å². The first-order valence-electron chi connectivity index (χ1n) is 6.02. The standard InChI is InChI=1S/C12H20N2O/c1-4-9-13-5-11(2)6-14(9)8-12(3,7-13)10(11)15/h9H,4-8H2,1-3H3. The topological polar surface area (TPSA) is 23.6 Å². The molecule has 4 aliphatic heterocycles. The van der Waals surface area contributed by atoms with E-state index in [1.807, 2.05) is 0 Å². The lowest BCUT2D eigenvalue weighted by molar-refractivity contribution is -0.195. The van der Waals surface area contributed by atoms with E-state index in [1.54, 1.807) is 0 Å². The fraction of sp³-hybridized carbons (Fsp3) is 0.917. The third kappa shape index (κ3) is 1.06. The predicted octanol–water partition coefficient (Wildman–Crippen LogP) is 0.949. The van der Waals surface area contributed by atoms with Gasteiger partial charge in [-0.1, -0.05) is 20.8 Å². The first-order chi connectivity index (χ1) is 6.98. The van der Waals surface area contributed by atoms with Crippen LogP contribution in [0, 0.1) is 10.8 Å². The molecule has 0 N–H and O–H groups in total. The van der Waals surface area contributed by atoms with Crippen molar-refractivity contribution in [1.82, 2.24) is 9.80 Å². The number of hydrogen-bond donors (Lipinski definition) is 0. The molecule has 0 radical (unpaired) electrons. The first kappa shape index (κ1) is 9.79. The van der Waals surface area contributed by atoms with Crippen molar-refractivity contribution < 1.29 is 4.79 Å². The summed E-state index contributed by atoms with van der Waals surface area (Å²) in [5.41, 5.74) is -0.173. The van der Waals surface area contributed by atoms with Crippen molar-refractivity contribution in [2.24, 2.45) is 10.8 Å². The fourth-order valence-corrected chi connectivity index (χ4v) is 4.19. The number of Topliss-reactive ketones (excluding diaryl/α,β-unsaturated/α-hetero) is 1. The SMILES string of the molecule is CCC1N2CC3(C)CN1CC(C)(C2)C3=O. The van der Waals surface area contributed by atoms with Gasteiger partial charge >= 0.3 is 0 Å². The average molecular weight is 208 g/mol. The molecule has 0 spiro atoms. The molecule has 4 saturated heterocycles. The van der Waals surface area contributed by atoms with Gasteiger partial charge in [-0.15, -0.1) is 0 Å². The lowest BCUT2D eigenvalue weighted by Gasteiger charge is -2.64. The largest absolute Gasteiger partial charge is 0.298 e. The summed E-state index contributed by atoms with van der Waals surface area (Å²) < 4.78 is 0. The van der Waals surface area contributed by atoms with Crippen molar-refractivity contribution >= 4 is 5.78 Å². The summed E-state index contributed by atoms with van der Waals surface area (Å²) in [6, 6.07) is 0. The molecule has 4 bridgehead atoms. The van der Waals surface area contributed by atoms with E-state index in [1.165, 1.54) is 6.42 Å². The van der Waals surface area contributed by atoms with Gasteiger partial charge in [-0.25, -0.2) is 0 Å². The predicted molar refractivity (Wildman–Crippen MR) is 58.4 cm³/mol. The monoisotopic (exact) mass is 208 g/mol. The van der Waals surface area contributed by atoms with Crippen LogP contribution in [-0.4, -0.2) is 47.9 Å². The average Bonchev–Trinajstić information content (AvgIpc) is 2.12. The third-order valence-electron chi connectivity index (χ3n) is 4.51. The van der Waals surface area contributed by atoms with Crippen molar-refractivity contribution in [3.05, 3.63) is 0 Å². The Bertz CT molecular complexity index is 286. The zero-order valence-electron chi connectivity index (χ0n) is 9.92. The van der Waals surface area contributed by atoms with Gasteiger partial charge in [-0.2, -0.15) is 0 Å². The van der Waals surface area contributed by atoms with Gasteiger partial charge in [0.15, 0.2) is 0 Å². The number of carbonyl (C=O) groups excluding carboxylic acids is 1. The fourth-order valence-electron chi connectivity index (χ4n) is 4.19. The van der Waals surface area contributed by atoms with E-state index >= 15 is 0 Å². The Morgan fingerprint density at radius 3 is 1.87 bits per heavy atom. The maximum Gasteiger partial charge on any atom is 0.149 e. The van der Waals surface area contributed by atoms with Crippen LogP contribution in [0.4, 0.5) is 0 Å². The van der Waals surface area contributed by atoms with E-state index < -0.39 is 0 Å². The molecule has 0 aliphatic carbocycles. The Labute approximate surface area is 91.4 Å². The van der Waals surface area contributed by atoms with Crippen LogP contribution in [0.1, 0.15) is 27.2 Å². The lowest BCUT2D eigenvalue weighted by Crippen LogP contribution is -2.77. The Morgan fingerprint density at radius 2 is 1.53 bits per heavy atom. The van der Waals surface area contributed by atoms with E-state index in [4.69, 9.17) is 0 Å². The Kier molecular flexibility index (Phi) is 1.72. The number of hydrogen-bond acceptors (Lipinski definition) is 3. The molecule has 0 saturated carbocycles. The highest BCUT2D eigenvalue weighted by atomic mass is 16.1. The molecule has 84 valence electrons. The molecule has 0 aromatic heterocycles. The maximum absolute atomic E-state index is 12.4. The van der Waals surface area contributed by atoms with E-state index in [0.29, 0.717) is 11.9 Å². The van der Waals surface area contributed by atoms with Gasteiger partial charge in [0.25, 0.3) is 0 Å². The highest BCUT2D eigenvalue weighted by molar-refractivity contribution is 5.92. The summed E-state index contributed by atoms with van der Waals surface area (Å²) in [6.45, 7) is 10.5. The Morgan fingerprint density at radius 1 is 1.13 bits per heavy atom. The minimum absolute atomic E-state index is 0.0864. The zero-order valence-corrected chi connectivity index (χ0v) is 9.92. The zero-order chi connectivity index (χ0) is 10.8. The number of ketones is 1. The molecule has 4 rings (SSSR count). The summed E-state index contributed by atoms with van der Waals surface area (Å²) in [5, 5.41) is 0. The molecular formula is C12H20N2O. The van der Waals surface area contributed by atoms with Gasteiger partial charge in [-0.05, 0) is 6.42 Å². The van der Waals surface area contributed by atoms with Crippen LogP contribution in [-0.2, 0) is 4.79 Å². The summed E-state index contributed by atoms with van der Waals surface area (Å²) in [5.74, 6) is 0.511. The number of rotatable bonds is 1. The third-order valence-corrected chi connectivity index (χ3v) is 4.51. The van der Waals surface area contributed by atoms with Gasteiger partial charge in [0.1, 0.15) is 5.78 Å². The molecule has 0 atom stereocenters. The summed E-state index contributed by atoms with van der Waals surface area (Å²) in [6.07, 6.45) is 1.78. The van der Waals surface area contributed by atoms with Crippen LogP contribution in [0.5, 0.6) is 0 Å². The highest BCUT2D eigenvalue weighted by Crippen LogP contribution is 2.48. The van der Waals surface area contributed by atoms with Crippen molar-refractivity contribution in [2.45, 2.75) is 33.4 Å². The van der Waals surface area contributed by atoms with Crippen LogP contribution in [0.3, 0.4) is 0 Å². The lowest BCUT2D eigenvalue weighted by atomic mass is 9.62. The van der Waals surface area contributed by atoms with Crippen LogP contribution >= 0.6 is 0 Å². The molecule has 4 heterocycles. The smallest absolute Gasteiger partial charge is 0.149 e. The second kappa shape index (κ2) is 2.64. The molecule has 0 unspecified atom stereocenters. The van der Waals surface area contributed by atoms with Crippen LogP contribution in [0.2, 0.25) is 0 Å². The molecule has 0 amide bonds. The van der Waals surface area contributed by atoms with Gasteiger partial charge in [0.05, 0.1) is 17.0 Å². The minimum Gasteiger partial charge on any atom is -0.298 e. The van der Waals surface area contributed by atoms with Crippen molar-refractivity contribution in [1.29, 1.82) is 0 Å². The number of nitrogens with zero attached hydrogens (tertiary/aromatic N) is 2. The number of carbonyl (C=O) groups is 1. The molecule has 4 fully saturated rings. The van der Waals surface area contributed by atoms with Crippen molar-refractivity contribution in [2.75, 3.05) is 26.2 Å².